The third-order valence-electron chi connectivity index (χ3n) is 2.48. The number of hydrogen-bond donors (Lipinski definition) is 1. The van der Waals surface area contributed by atoms with Crippen molar-refractivity contribution < 1.29 is 4.39 Å². The molecule has 3 nitrogen and oxygen atoms in total. The zero-order valence-electron chi connectivity index (χ0n) is 9.15. The van der Waals surface area contributed by atoms with Gasteiger partial charge in [-0.2, -0.15) is 0 Å². The highest BCUT2D eigenvalue weighted by Crippen LogP contribution is 2.25. The number of benzene rings is 1. The summed E-state index contributed by atoms with van der Waals surface area (Å²) in [5, 5.41) is 4.31. The Morgan fingerprint density at radius 2 is 2.29 bits per heavy atom. The number of nitrogens with two attached hydrogens (primary N) is 1. The summed E-state index contributed by atoms with van der Waals surface area (Å²) in [4.78, 5) is 0.936. The Morgan fingerprint density at radius 1 is 1.53 bits per heavy atom. The quantitative estimate of drug-likeness (QED) is 0.934. The molecule has 0 amide bonds. The van der Waals surface area contributed by atoms with Crippen LogP contribution in [0.4, 0.5) is 4.39 Å². The minimum absolute atomic E-state index is 0.210. The van der Waals surface area contributed by atoms with Crippen LogP contribution in [0, 0.1) is 12.7 Å². The molecule has 0 saturated carbocycles. The first-order valence-corrected chi connectivity index (χ1v) is 6.21. The van der Waals surface area contributed by atoms with Gasteiger partial charge in [0.2, 0.25) is 0 Å². The topological polar surface area (TPSA) is 51.8 Å². The van der Waals surface area contributed by atoms with E-state index in [1.165, 1.54) is 23.7 Å². The van der Waals surface area contributed by atoms with E-state index in [1.807, 2.05) is 6.92 Å². The summed E-state index contributed by atoms with van der Waals surface area (Å²) >= 11 is 7.23. The summed E-state index contributed by atoms with van der Waals surface area (Å²) in [6, 6.07) is 4.12. The van der Waals surface area contributed by atoms with Gasteiger partial charge in [-0.3, -0.25) is 0 Å². The summed E-state index contributed by atoms with van der Waals surface area (Å²) in [7, 11) is 0. The Kier molecular flexibility index (Phi) is 3.71. The van der Waals surface area contributed by atoms with Gasteiger partial charge in [0, 0.05) is 11.1 Å². The van der Waals surface area contributed by atoms with E-state index in [1.54, 1.807) is 6.07 Å². The second-order valence-electron chi connectivity index (χ2n) is 3.77. The van der Waals surface area contributed by atoms with Gasteiger partial charge in [-0.25, -0.2) is 4.39 Å². The molecule has 90 valence electrons. The molecule has 1 heterocycles. The molecule has 0 aliphatic carbocycles. The van der Waals surface area contributed by atoms with Crippen molar-refractivity contribution in [2.24, 2.45) is 5.73 Å². The highest BCUT2D eigenvalue weighted by molar-refractivity contribution is 7.05. The van der Waals surface area contributed by atoms with E-state index in [4.69, 9.17) is 17.3 Å². The fraction of sp³-hybridized carbons (Fsp3) is 0.273. The van der Waals surface area contributed by atoms with E-state index in [-0.39, 0.29) is 11.9 Å². The number of aryl methyl sites for hydroxylation is 1. The Hall–Kier alpha value is -1.04. The SMILES string of the molecule is Cc1nnsc1C(N)Cc1ccc(F)cc1Cl. The molecule has 2 rings (SSSR count). The first-order valence-electron chi connectivity index (χ1n) is 5.06. The summed E-state index contributed by atoms with van der Waals surface area (Å²) in [5.41, 5.74) is 7.72. The van der Waals surface area contributed by atoms with Crippen LogP contribution in [0.2, 0.25) is 5.02 Å². The zero-order valence-corrected chi connectivity index (χ0v) is 10.7. The lowest BCUT2D eigenvalue weighted by molar-refractivity contribution is 0.626. The normalized spacial score (nSPS) is 12.7. The maximum Gasteiger partial charge on any atom is 0.124 e. The van der Waals surface area contributed by atoms with Crippen LogP contribution < -0.4 is 5.73 Å². The van der Waals surface area contributed by atoms with Crippen molar-refractivity contribution >= 4 is 23.1 Å². The van der Waals surface area contributed by atoms with Crippen molar-refractivity contribution in [3.63, 3.8) is 0 Å². The molecule has 1 unspecified atom stereocenters. The molecule has 2 N–H and O–H groups in total. The van der Waals surface area contributed by atoms with Gasteiger partial charge in [-0.05, 0) is 42.6 Å². The molecule has 6 heteroatoms. The highest BCUT2D eigenvalue weighted by Gasteiger charge is 2.15. The average molecular weight is 272 g/mol. The maximum absolute atomic E-state index is 12.9. The molecule has 0 aliphatic rings. The fourth-order valence-electron chi connectivity index (χ4n) is 1.59. The van der Waals surface area contributed by atoms with Crippen LogP contribution in [-0.4, -0.2) is 9.59 Å². The van der Waals surface area contributed by atoms with E-state index < -0.39 is 0 Å². The molecule has 0 spiro atoms. The zero-order chi connectivity index (χ0) is 12.4. The van der Waals surface area contributed by atoms with Crippen molar-refractivity contribution in [2.75, 3.05) is 0 Å². The van der Waals surface area contributed by atoms with Gasteiger partial charge in [0.25, 0.3) is 0 Å². The van der Waals surface area contributed by atoms with E-state index in [0.717, 1.165) is 16.1 Å². The molecule has 1 atom stereocenters. The summed E-state index contributed by atoms with van der Waals surface area (Å²) < 4.78 is 16.7. The number of nitrogens with zero attached hydrogens (tertiary/aromatic N) is 2. The lowest BCUT2D eigenvalue weighted by Gasteiger charge is -2.11. The van der Waals surface area contributed by atoms with Crippen molar-refractivity contribution in [2.45, 2.75) is 19.4 Å². The largest absolute Gasteiger partial charge is 0.323 e. The van der Waals surface area contributed by atoms with Gasteiger partial charge in [-0.15, -0.1) is 5.10 Å². The molecule has 1 aromatic carbocycles. The molecule has 0 aliphatic heterocycles. The smallest absolute Gasteiger partial charge is 0.124 e. The molecule has 17 heavy (non-hydrogen) atoms. The number of aromatic nitrogens is 2. The van der Waals surface area contributed by atoms with Gasteiger partial charge in [0.15, 0.2) is 0 Å². The molecule has 2 aromatic rings. The highest BCUT2D eigenvalue weighted by atomic mass is 35.5. The average Bonchev–Trinajstić information content (AvgIpc) is 2.68. The molecule has 0 bridgehead atoms. The van der Waals surface area contributed by atoms with Gasteiger partial charge < -0.3 is 5.73 Å². The Labute approximate surface area is 108 Å². The summed E-state index contributed by atoms with van der Waals surface area (Å²) in [6.07, 6.45) is 0.545. The Morgan fingerprint density at radius 3 is 2.88 bits per heavy atom. The van der Waals surface area contributed by atoms with Crippen molar-refractivity contribution in [3.05, 3.63) is 45.2 Å². The standard InChI is InChI=1S/C11H11ClFN3S/c1-6-11(17-16-15-6)10(14)4-7-2-3-8(13)5-9(7)12/h2-3,5,10H,4,14H2,1H3. The number of halogens is 2. The lowest BCUT2D eigenvalue weighted by Crippen LogP contribution is -2.13. The van der Waals surface area contributed by atoms with E-state index >= 15 is 0 Å². The van der Waals surface area contributed by atoms with Gasteiger partial charge >= 0.3 is 0 Å². The predicted octanol–water partition coefficient (Wildman–Crippen LogP) is 2.88. The molecular formula is C11H11ClFN3S. The lowest BCUT2D eigenvalue weighted by atomic mass is 10.0. The second-order valence-corrected chi connectivity index (χ2v) is 4.96. The van der Waals surface area contributed by atoms with Crippen LogP contribution in [0.25, 0.3) is 0 Å². The van der Waals surface area contributed by atoms with Crippen LogP contribution in [-0.2, 0) is 6.42 Å². The number of rotatable bonds is 3. The summed E-state index contributed by atoms with van der Waals surface area (Å²) in [5.74, 6) is -0.344. The van der Waals surface area contributed by atoms with Crippen LogP contribution in [0.15, 0.2) is 18.2 Å². The third-order valence-corrected chi connectivity index (χ3v) is 3.79. The predicted molar refractivity (Wildman–Crippen MR) is 66.7 cm³/mol. The molecule has 0 radical (unpaired) electrons. The maximum atomic E-state index is 12.9. The fourth-order valence-corrected chi connectivity index (χ4v) is 2.48. The molecular weight excluding hydrogens is 261 g/mol. The third kappa shape index (κ3) is 2.80. The first-order chi connectivity index (χ1) is 8.08. The first kappa shape index (κ1) is 12.4. The Bertz CT molecular complexity index is 529. The van der Waals surface area contributed by atoms with Crippen molar-refractivity contribution in [1.82, 2.24) is 9.59 Å². The Balaban J connectivity index is 2.19. The van der Waals surface area contributed by atoms with E-state index in [0.29, 0.717) is 11.4 Å². The molecule has 1 aromatic heterocycles. The minimum atomic E-state index is -0.344. The number of hydrogen-bond acceptors (Lipinski definition) is 4. The van der Waals surface area contributed by atoms with E-state index in [2.05, 4.69) is 9.59 Å². The van der Waals surface area contributed by atoms with Gasteiger partial charge in [0.1, 0.15) is 5.82 Å². The van der Waals surface area contributed by atoms with E-state index in [9.17, 15) is 4.39 Å². The second kappa shape index (κ2) is 5.08. The minimum Gasteiger partial charge on any atom is -0.323 e. The van der Waals surface area contributed by atoms with Crippen LogP contribution in [0.5, 0.6) is 0 Å². The van der Waals surface area contributed by atoms with Crippen molar-refractivity contribution in [1.29, 1.82) is 0 Å². The monoisotopic (exact) mass is 271 g/mol. The summed E-state index contributed by atoms with van der Waals surface area (Å²) in [6.45, 7) is 1.87. The van der Waals surface area contributed by atoms with Crippen molar-refractivity contribution in [3.8, 4) is 0 Å². The van der Waals surface area contributed by atoms with Crippen LogP contribution >= 0.6 is 23.1 Å². The molecule has 0 fully saturated rings. The molecule has 0 saturated heterocycles. The van der Waals surface area contributed by atoms with Gasteiger partial charge in [0.05, 0.1) is 10.6 Å². The van der Waals surface area contributed by atoms with Crippen LogP contribution in [0.3, 0.4) is 0 Å². The van der Waals surface area contributed by atoms with Crippen LogP contribution in [0.1, 0.15) is 22.2 Å². The van der Waals surface area contributed by atoms with Gasteiger partial charge in [-0.1, -0.05) is 22.2 Å².